The minimum atomic E-state index is -0.265. The van der Waals surface area contributed by atoms with Gasteiger partial charge in [0.15, 0.2) is 0 Å². The molecule has 0 bridgehead atoms. The van der Waals surface area contributed by atoms with E-state index in [4.69, 9.17) is 4.74 Å². The first-order valence-corrected chi connectivity index (χ1v) is 9.32. The summed E-state index contributed by atoms with van der Waals surface area (Å²) in [4.78, 5) is 12.1. The number of carbonyl (C=O) groups is 1. The molecule has 3 heteroatoms. The van der Waals surface area contributed by atoms with Crippen molar-refractivity contribution in [2.24, 2.45) is 0 Å². The van der Waals surface area contributed by atoms with Crippen LogP contribution in [0.2, 0.25) is 0 Å². The number of nitrogens with zero attached hydrogens (tertiary/aromatic N) is 1. The van der Waals surface area contributed by atoms with Crippen molar-refractivity contribution in [3.8, 4) is 0 Å². The molecule has 3 aromatic carbocycles. The number of esters is 1. The summed E-state index contributed by atoms with van der Waals surface area (Å²) in [6.45, 7) is 7.27. The number of fused-ring (bicyclic) bond motifs is 2. The maximum atomic E-state index is 12.1. The van der Waals surface area contributed by atoms with Crippen LogP contribution in [0, 0.1) is 13.8 Å². The van der Waals surface area contributed by atoms with E-state index in [0.717, 1.165) is 17.4 Å². The molecule has 0 fully saturated rings. The zero-order chi connectivity index (χ0) is 19.0. The second-order valence-electron chi connectivity index (χ2n) is 6.93. The van der Waals surface area contributed by atoms with Crippen molar-refractivity contribution in [3.63, 3.8) is 0 Å². The van der Waals surface area contributed by atoms with Gasteiger partial charge < -0.3 is 9.30 Å². The molecule has 136 valence electrons. The van der Waals surface area contributed by atoms with Gasteiger partial charge in [0.25, 0.3) is 0 Å². The van der Waals surface area contributed by atoms with Crippen molar-refractivity contribution < 1.29 is 9.53 Å². The second kappa shape index (κ2) is 6.92. The Labute approximate surface area is 159 Å². The largest absolute Gasteiger partial charge is 0.462 e. The minimum Gasteiger partial charge on any atom is -0.462 e. The number of carbonyl (C=O) groups excluding carboxylic acids is 1. The first kappa shape index (κ1) is 17.3. The molecule has 0 N–H and O–H groups in total. The maximum absolute atomic E-state index is 12.1. The monoisotopic (exact) mass is 357 g/mol. The zero-order valence-electron chi connectivity index (χ0n) is 16.0. The van der Waals surface area contributed by atoms with E-state index in [1.807, 2.05) is 25.1 Å². The third-order valence-corrected chi connectivity index (χ3v) is 5.30. The average molecular weight is 357 g/mol. The van der Waals surface area contributed by atoms with Crippen molar-refractivity contribution in [2.45, 2.75) is 27.3 Å². The van der Waals surface area contributed by atoms with Gasteiger partial charge in [-0.2, -0.15) is 0 Å². The van der Waals surface area contributed by atoms with E-state index in [9.17, 15) is 4.79 Å². The fourth-order valence-electron chi connectivity index (χ4n) is 3.71. The van der Waals surface area contributed by atoms with Crippen LogP contribution in [0.5, 0.6) is 0 Å². The molecule has 0 radical (unpaired) electrons. The van der Waals surface area contributed by atoms with Gasteiger partial charge in [0, 0.05) is 23.1 Å². The lowest BCUT2D eigenvalue weighted by atomic mass is 10.1. The molecule has 4 rings (SSSR count). The van der Waals surface area contributed by atoms with E-state index in [2.05, 4.69) is 60.9 Å². The summed E-state index contributed by atoms with van der Waals surface area (Å²) in [7, 11) is 0. The molecule has 0 aliphatic rings. The van der Waals surface area contributed by atoms with E-state index < -0.39 is 0 Å². The molecule has 27 heavy (non-hydrogen) atoms. The molecule has 0 spiro atoms. The van der Waals surface area contributed by atoms with Crippen LogP contribution in [0.25, 0.3) is 21.7 Å². The van der Waals surface area contributed by atoms with Crippen molar-refractivity contribution in [2.75, 3.05) is 6.61 Å². The number of hydrogen-bond donors (Lipinski definition) is 0. The number of hydrogen-bond acceptors (Lipinski definition) is 2. The van der Waals surface area contributed by atoms with Gasteiger partial charge in [0.1, 0.15) is 0 Å². The lowest BCUT2D eigenvalue weighted by molar-refractivity contribution is 0.0526. The van der Waals surface area contributed by atoms with E-state index in [1.54, 1.807) is 0 Å². The summed E-state index contributed by atoms with van der Waals surface area (Å²) < 4.78 is 7.47. The predicted molar refractivity (Wildman–Crippen MR) is 110 cm³/mol. The van der Waals surface area contributed by atoms with Crippen molar-refractivity contribution in [1.29, 1.82) is 0 Å². The standard InChI is InChI=1S/C24H23NO2/c1-4-27-24(26)21-11-12-23-22(14-21)16(2)17(3)25(23)15-18-9-10-19-7-5-6-8-20(19)13-18/h5-14H,4,15H2,1-3H3. The molecule has 0 amide bonds. The molecule has 0 aliphatic carbocycles. The Kier molecular flexibility index (Phi) is 4.44. The Hall–Kier alpha value is -3.07. The quantitative estimate of drug-likeness (QED) is 0.443. The highest BCUT2D eigenvalue weighted by Gasteiger charge is 2.14. The van der Waals surface area contributed by atoms with Crippen LogP contribution in [-0.2, 0) is 11.3 Å². The summed E-state index contributed by atoms with van der Waals surface area (Å²) in [5.41, 5.74) is 5.45. The third kappa shape index (κ3) is 3.10. The van der Waals surface area contributed by atoms with Crippen LogP contribution in [0.3, 0.4) is 0 Å². The topological polar surface area (TPSA) is 31.2 Å². The first-order valence-electron chi connectivity index (χ1n) is 9.32. The average Bonchev–Trinajstić information content (AvgIpc) is 2.92. The fraction of sp³-hybridized carbons (Fsp3) is 0.208. The van der Waals surface area contributed by atoms with E-state index in [0.29, 0.717) is 12.2 Å². The minimum absolute atomic E-state index is 0.265. The molecule has 1 heterocycles. The summed E-state index contributed by atoms with van der Waals surface area (Å²) in [6.07, 6.45) is 0. The van der Waals surface area contributed by atoms with Gasteiger partial charge in [0.05, 0.1) is 12.2 Å². The van der Waals surface area contributed by atoms with Gasteiger partial charge in [-0.3, -0.25) is 0 Å². The Bertz CT molecular complexity index is 1150. The number of aromatic nitrogens is 1. The van der Waals surface area contributed by atoms with E-state index in [1.165, 1.54) is 27.6 Å². The summed E-state index contributed by atoms with van der Waals surface area (Å²) in [5, 5.41) is 3.62. The summed E-state index contributed by atoms with van der Waals surface area (Å²) in [6, 6.07) is 20.9. The molecule has 0 unspecified atom stereocenters. The van der Waals surface area contributed by atoms with Gasteiger partial charge in [-0.15, -0.1) is 0 Å². The van der Waals surface area contributed by atoms with Gasteiger partial charge in [-0.25, -0.2) is 4.79 Å². The molecular weight excluding hydrogens is 334 g/mol. The van der Waals surface area contributed by atoms with Crippen molar-refractivity contribution in [1.82, 2.24) is 4.57 Å². The van der Waals surface area contributed by atoms with E-state index >= 15 is 0 Å². The lowest BCUT2D eigenvalue weighted by Crippen LogP contribution is -2.05. The highest BCUT2D eigenvalue weighted by molar-refractivity contribution is 5.96. The predicted octanol–water partition coefficient (Wildman–Crippen LogP) is 5.64. The molecule has 3 nitrogen and oxygen atoms in total. The molecule has 0 saturated carbocycles. The molecule has 4 aromatic rings. The number of rotatable bonds is 4. The van der Waals surface area contributed by atoms with Gasteiger partial charge in [-0.05, 0) is 66.9 Å². The Morgan fingerprint density at radius 3 is 2.52 bits per heavy atom. The van der Waals surface area contributed by atoms with Crippen LogP contribution in [0.15, 0.2) is 60.7 Å². The Morgan fingerprint density at radius 2 is 1.74 bits per heavy atom. The third-order valence-electron chi connectivity index (χ3n) is 5.30. The molecule has 0 saturated heterocycles. The molecule has 0 aliphatic heterocycles. The maximum Gasteiger partial charge on any atom is 0.338 e. The van der Waals surface area contributed by atoms with Crippen LogP contribution < -0.4 is 0 Å². The van der Waals surface area contributed by atoms with Gasteiger partial charge in [0.2, 0.25) is 0 Å². The number of ether oxygens (including phenoxy) is 1. The Morgan fingerprint density at radius 1 is 0.963 bits per heavy atom. The highest BCUT2D eigenvalue weighted by Crippen LogP contribution is 2.28. The number of aryl methyl sites for hydroxylation is 1. The van der Waals surface area contributed by atoms with Crippen molar-refractivity contribution >= 4 is 27.6 Å². The molecule has 0 atom stereocenters. The lowest BCUT2D eigenvalue weighted by Gasteiger charge is -2.10. The smallest absolute Gasteiger partial charge is 0.338 e. The highest BCUT2D eigenvalue weighted by atomic mass is 16.5. The summed E-state index contributed by atoms with van der Waals surface area (Å²) in [5.74, 6) is -0.265. The molecule has 1 aromatic heterocycles. The molecular formula is C24H23NO2. The normalized spacial score (nSPS) is 11.2. The SMILES string of the molecule is CCOC(=O)c1ccc2c(c1)c(C)c(C)n2Cc1ccc2ccccc2c1. The first-order chi connectivity index (χ1) is 13.1. The van der Waals surface area contributed by atoms with Crippen LogP contribution in [0.1, 0.15) is 34.1 Å². The summed E-state index contributed by atoms with van der Waals surface area (Å²) >= 11 is 0. The fourth-order valence-corrected chi connectivity index (χ4v) is 3.71. The van der Waals surface area contributed by atoms with Crippen LogP contribution in [-0.4, -0.2) is 17.1 Å². The second-order valence-corrected chi connectivity index (χ2v) is 6.93. The van der Waals surface area contributed by atoms with Gasteiger partial charge >= 0.3 is 5.97 Å². The number of benzene rings is 3. The zero-order valence-corrected chi connectivity index (χ0v) is 16.0. The van der Waals surface area contributed by atoms with Crippen molar-refractivity contribution in [3.05, 3.63) is 83.0 Å². The van der Waals surface area contributed by atoms with Crippen LogP contribution >= 0.6 is 0 Å². The van der Waals surface area contributed by atoms with E-state index in [-0.39, 0.29) is 5.97 Å². The van der Waals surface area contributed by atoms with Gasteiger partial charge in [-0.1, -0.05) is 36.4 Å². The van der Waals surface area contributed by atoms with Crippen LogP contribution in [0.4, 0.5) is 0 Å². The Balaban J connectivity index is 1.76.